The van der Waals surface area contributed by atoms with E-state index in [-0.39, 0.29) is 10.8 Å². The van der Waals surface area contributed by atoms with Crippen molar-refractivity contribution >= 4 is 33.0 Å². The number of anilines is 3. The number of nitrogens with two attached hydrogens (primary N) is 1. The van der Waals surface area contributed by atoms with Gasteiger partial charge in [0.05, 0.1) is 16.3 Å². The lowest BCUT2D eigenvalue weighted by Crippen LogP contribution is -2.14. The molecule has 0 unspecified atom stereocenters. The number of nitrogens with one attached hydrogen (secondary N) is 2. The van der Waals surface area contributed by atoms with E-state index in [9.17, 15) is 13.2 Å². The van der Waals surface area contributed by atoms with Crippen molar-refractivity contribution in [3.8, 4) is 11.1 Å². The summed E-state index contributed by atoms with van der Waals surface area (Å²) in [6.07, 6.45) is 0. The largest absolute Gasteiger partial charge is 0.397 e. The smallest absolute Gasteiger partial charge is 0.261 e. The topological polar surface area (TPSA) is 101 Å². The van der Waals surface area contributed by atoms with E-state index in [1.807, 2.05) is 30.3 Å². The van der Waals surface area contributed by atoms with Crippen LogP contribution < -0.4 is 15.8 Å². The number of nitrogen functional groups attached to an aromatic ring is 1. The van der Waals surface area contributed by atoms with Crippen molar-refractivity contribution in [2.24, 2.45) is 0 Å². The van der Waals surface area contributed by atoms with Crippen LogP contribution in [-0.4, -0.2) is 14.3 Å². The first-order valence-electron chi connectivity index (χ1n) is 9.87. The molecule has 0 aliphatic carbocycles. The minimum absolute atomic E-state index is 0.151. The van der Waals surface area contributed by atoms with E-state index in [2.05, 4.69) is 10.0 Å². The second kappa shape index (κ2) is 8.95. The second-order valence-electron chi connectivity index (χ2n) is 7.11. The number of hydrogen-bond donors (Lipinski definition) is 3. The van der Waals surface area contributed by atoms with Crippen LogP contribution in [0.15, 0.2) is 108 Å². The third-order valence-electron chi connectivity index (χ3n) is 4.88. The van der Waals surface area contributed by atoms with E-state index in [4.69, 9.17) is 5.73 Å². The molecule has 0 saturated heterocycles. The Bertz CT molecular complexity index is 1340. The first-order chi connectivity index (χ1) is 15.4. The monoisotopic (exact) mass is 443 g/mol. The molecule has 0 saturated carbocycles. The fourth-order valence-corrected chi connectivity index (χ4v) is 4.22. The summed E-state index contributed by atoms with van der Waals surface area (Å²) in [5.74, 6) is -0.339. The molecule has 0 aromatic heterocycles. The van der Waals surface area contributed by atoms with Gasteiger partial charge in [-0.15, -0.1) is 0 Å². The molecular weight excluding hydrogens is 422 g/mol. The van der Waals surface area contributed by atoms with Crippen LogP contribution in [0.3, 0.4) is 0 Å². The van der Waals surface area contributed by atoms with Gasteiger partial charge in [-0.1, -0.05) is 54.6 Å². The summed E-state index contributed by atoms with van der Waals surface area (Å²) < 4.78 is 28.0. The third kappa shape index (κ3) is 4.79. The zero-order valence-corrected chi connectivity index (χ0v) is 17.8. The Balaban J connectivity index is 1.45. The number of sulfonamides is 1. The highest BCUT2D eigenvalue weighted by Crippen LogP contribution is 2.23. The summed E-state index contributed by atoms with van der Waals surface area (Å²) in [6, 6.07) is 29.5. The average Bonchev–Trinajstić information content (AvgIpc) is 2.81. The van der Waals surface area contributed by atoms with E-state index in [1.165, 1.54) is 0 Å². The van der Waals surface area contributed by atoms with Gasteiger partial charge in [-0.05, 0) is 59.7 Å². The molecule has 1 amide bonds. The molecule has 0 radical (unpaired) electrons. The lowest BCUT2D eigenvalue weighted by atomic mass is 10.1. The Hall–Kier alpha value is -4.10. The van der Waals surface area contributed by atoms with Crippen molar-refractivity contribution in [1.29, 1.82) is 0 Å². The molecule has 0 heterocycles. The Morgan fingerprint density at radius 3 is 1.94 bits per heavy atom. The molecule has 4 aromatic rings. The fourth-order valence-electron chi connectivity index (χ4n) is 3.17. The molecule has 4 aromatic carbocycles. The minimum Gasteiger partial charge on any atom is -0.397 e. The molecule has 7 heteroatoms. The van der Waals surface area contributed by atoms with Gasteiger partial charge >= 0.3 is 0 Å². The van der Waals surface area contributed by atoms with Crippen molar-refractivity contribution in [3.63, 3.8) is 0 Å². The summed E-state index contributed by atoms with van der Waals surface area (Å²) in [6.45, 7) is 0. The molecule has 0 fully saturated rings. The van der Waals surface area contributed by atoms with Gasteiger partial charge in [-0.2, -0.15) is 0 Å². The van der Waals surface area contributed by atoms with Crippen LogP contribution in [0.1, 0.15) is 10.4 Å². The summed E-state index contributed by atoms with van der Waals surface area (Å²) >= 11 is 0. The third-order valence-corrected chi connectivity index (χ3v) is 6.28. The van der Waals surface area contributed by atoms with Crippen LogP contribution in [0.2, 0.25) is 0 Å². The summed E-state index contributed by atoms with van der Waals surface area (Å²) in [7, 11) is -3.77. The first kappa shape index (κ1) is 21.1. The maximum atomic E-state index is 12.7. The van der Waals surface area contributed by atoms with E-state index in [1.54, 1.807) is 72.8 Å². The second-order valence-corrected chi connectivity index (χ2v) is 8.80. The van der Waals surface area contributed by atoms with Gasteiger partial charge in [0.2, 0.25) is 0 Å². The van der Waals surface area contributed by atoms with Crippen LogP contribution in [0.25, 0.3) is 11.1 Å². The Kier molecular flexibility index (Phi) is 5.91. The van der Waals surface area contributed by atoms with Crippen molar-refractivity contribution < 1.29 is 13.2 Å². The highest BCUT2D eigenvalue weighted by molar-refractivity contribution is 7.92. The van der Waals surface area contributed by atoms with Crippen LogP contribution in [0, 0.1) is 0 Å². The van der Waals surface area contributed by atoms with Crippen molar-refractivity contribution in [2.45, 2.75) is 4.90 Å². The SMILES string of the molecule is Nc1ccccc1NC(=O)c1ccc(NS(=O)(=O)c2ccc(-c3ccccc3)cc2)cc1. The zero-order chi connectivity index (χ0) is 22.6. The normalized spacial score (nSPS) is 11.0. The van der Waals surface area contributed by atoms with E-state index < -0.39 is 10.0 Å². The van der Waals surface area contributed by atoms with E-state index in [0.717, 1.165) is 11.1 Å². The molecule has 6 nitrogen and oxygen atoms in total. The maximum Gasteiger partial charge on any atom is 0.261 e. The van der Waals surface area contributed by atoms with Crippen LogP contribution in [0.4, 0.5) is 17.1 Å². The van der Waals surface area contributed by atoms with Crippen LogP contribution in [-0.2, 0) is 10.0 Å². The molecule has 4 rings (SSSR count). The van der Waals surface area contributed by atoms with Crippen LogP contribution in [0.5, 0.6) is 0 Å². The molecule has 0 aliphatic heterocycles. The summed E-state index contributed by atoms with van der Waals surface area (Å²) in [5, 5.41) is 2.74. The Labute approximate surface area is 186 Å². The summed E-state index contributed by atoms with van der Waals surface area (Å²) in [5.41, 5.74) is 9.50. The van der Waals surface area contributed by atoms with Gasteiger partial charge < -0.3 is 11.1 Å². The Morgan fingerprint density at radius 1 is 0.688 bits per heavy atom. The quantitative estimate of drug-likeness (QED) is 0.366. The number of rotatable bonds is 6. The molecule has 4 N–H and O–H groups in total. The van der Waals surface area contributed by atoms with Gasteiger partial charge in [0.1, 0.15) is 0 Å². The predicted molar refractivity (Wildman–Crippen MR) is 128 cm³/mol. The predicted octanol–water partition coefficient (Wildman–Crippen LogP) is 4.99. The van der Waals surface area contributed by atoms with Crippen LogP contribution >= 0.6 is 0 Å². The molecule has 0 spiro atoms. The molecular formula is C25H21N3O3S. The molecule has 0 bridgehead atoms. The van der Waals surface area contributed by atoms with E-state index >= 15 is 0 Å². The standard InChI is InChI=1S/C25H21N3O3S/c26-23-8-4-5-9-24(23)27-25(29)20-10-14-21(15-11-20)28-32(30,31)22-16-12-19(13-17-22)18-6-2-1-3-7-18/h1-17,28H,26H2,(H,27,29). The molecule has 0 aliphatic rings. The molecule has 32 heavy (non-hydrogen) atoms. The van der Waals surface area contributed by atoms with Gasteiger partial charge in [0.25, 0.3) is 15.9 Å². The lowest BCUT2D eigenvalue weighted by Gasteiger charge is -2.11. The summed E-state index contributed by atoms with van der Waals surface area (Å²) in [4.78, 5) is 12.6. The highest BCUT2D eigenvalue weighted by atomic mass is 32.2. The Morgan fingerprint density at radius 2 is 1.28 bits per heavy atom. The molecule has 0 atom stereocenters. The van der Waals surface area contributed by atoms with Gasteiger partial charge in [0, 0.05) is 11.3 Å². The number of amides is 1. The minimum atomic E-state index is -3.77. The van der Waals surface area contributed by atoms with Crippen molar-refractivity contribution in [1.82, 2.24) is 0 Å². The number of hydrogen-bond acceptors (Lipinski definition) is 4. The van der Waals surface area contributed by atoms with Crippen molar-refractivity contribution in [2.75, 3.05) is 15.8 Å². The van der Waals surface area contributed by atoms with Crippen molar-refractivity contribution in [3.05, 3.63) is 109 Å². The van der Waals surface area contributed by atoms with Gasteiger partial charge in [0.15, 0.2) is 0 Å². The zero-order valence-electron chi connectivity index (χ0n) is 17.0. The number of carbonyl (C=O) groups is 1. The highest BCUT2D eigenvalue weighted by Gasteiger charge is 2.15. The molecule has 160 valence electrons. The maximum absolute atomic E-state index is 12.7. The average molecular weight is 444 g/mol. The fraction of sp³-hybridized carbons (Fsp3) is 0. The van der Waals surface area contributed by atoms with Gasteiger partial charge in [-0.3, -0.25) is 9.52 Å². The first-order valence-corrected chi connectivity index (χ1v) is 11.3. The number of carbonyl (C=O) groups excluding carboxylic acids is 1. The van der Waals surface area contributed by atoms with Gasteiger partial charge in [-0.25, -0.2) is 8.42 Å². The van der Waals surface area contributed by atoms with E-state index in [0.29, 0.717) is 22.6 Å². The number of para-hydroxylation sites is 2. The lowest BCUT2D eigenvalue weighted by molar-refractivity contribution is 0.102. The number of benzene rings is 4.